The lowest BCUT2D eigenvalue weighted by molar-refractivity contribution is 0.101. The summed E-state index contributed by atoms with van der Waals surface area (Å²) in [5, 5.41) is 6.69. The van der Waals surface area contributed by atoms with Gasteiger partial charge in [0.1, 0.15) is 5.82 Å². The summed E-state index contributed by atoms with van der Waals surface area (Å²) in [6, 6.07) is 8.28. The van der Waals surface area contributed by atoms with E-state index in [1.54, 1.807) is 31.2 Å². The number of aryl methyl sites for hydroxylation is 1. The first-order valence-electron chi connectivity index (χ1n) is 7.01. The highest BCUT2D eigenvalue weighted by atomic mass is 35.5. The lowest BCUT2D eigenvalue weighted by Gasteiger charge is -2.05. The summed E-state index contributed by atoms with van der Waals surface area (Å²) in [5.74, 6) is -5.23. The summed E-state index contributed by atoms with van der Waals surface area (Å²) >= 11 is 5.82. The molecule has 0 bridgehead atoms. The molecule has 0 radical (unpaired) electrons. The van der Waals surface area contributed by atoms with Gasteiger partial charge in [0.2, 0.25) is 5.82 Å². The number of hydrogen-bond donors (Lipinski definition) is 1. The SMILES string of the molecule is Cc1nc(C(=O)Nc2ccc(F)c(F)c2F)nn1-c1ccc(Cl)cc1. The van der Waals surface area contributed by atoms with Crippen molar-refractivity contribution in [2.45, 2.75) is 6.92 Å². The van der Waals surface area contributed by atoms with E-state index in [2.05, 4.69) is 15.4 Å². The molecule has 5 nitrogen and oxygen atoms in total. The molecule has 3 rings (SSSR count). The predicted molar refractivity (Wildman–Crippen MR) is 85.4 cm³/mol. The molecule has 0 saturated carbocycles. The van der Waals surface area contributed by atoms with E-state index in [-0.39, 0.29) is 5.82 Å². The number of anilines is 1. The van der Waals surface area contributed by atoms with Gasteiger partial charge >= 0.3 is 0 Å². The van der Waals surface area contributed by atoms with Crippen LogP contribution in [-0.2, 0) is 0 Å². The average Bonchev–Trinajstić information content (AvgIpc) is 2.98. The Balaban J connectivity index is 1.88. The van der Waals surface area contributed by atoms with Gasteiger partial charge in [-0.3, -0.25) is 4.79 Å². The number of amides is 1. The topological polar surface area (TPSA) is 59.8 Å². The Kier molecular flexibility index (Phi) is 4.45. The van der Waals surface area contributed by atoms with E-state index in [1.165, 1.54) is 4.68 Å². The molecule has 1 aromatic heterocycles. The summed E-state index contributed by atoms with van der Waals surface area (Å²) in [5.41, 5.74) is 0.108. The van der Waals surface area contributed by atoms with Gasteiger partial charge in [-0.15, -0.1) is 5.10 Å². The molecular formula is C16H10ClF3N4O. The molecule has 9 heteroatoms. The first-order valence-corrected chi connectivity index (χ1v) is 7.39. The molecule has 1 amide bonds. The number of halogens is 4. The summed E-state index contributed by atoms with van der Waals surface area (Å²) < 4.78 is 41.2. The van der Waals surface area contributed by atoms with E-state index in [0.29, 0.717) is 22.6 Å². The zero-order valence-corrected chi connectivity index (χ0v) is 13.5. The Hall–Kier alpha value is -2.87. The van der Waals surface area contributed by atoms with Crippen LogP contribution in [0.2, 0.25) is 5.02 Å². The Bertz CT molecular complexity index is 957. The second-order valence-corrected chi connectivity index (χ2v) is 5.48. The van der Waals surface area contributed by atoms with Gasteiger partial charge in [0.25, 0.3) is 5.91 Å². The van der Waals surface area contributed by atoms with Crippen LogP contribution in [0, 0.1) is 24.4 Å². The number of carbonyl (C=O) groups is 1. The van der Waals surface area contributed by atoms with Gasteiger partial charge in [-0.2, -0.15) is 0 Å². The first-order chi connectivity index (χ1) is 11.9. The zero-order valence-electron chi connectivity index (χ0n) is 12.7. The average molecular weight is 367 g/mol. The minimum absolute atomic E-state index is 0.253. The van der Waals surface area contributed by atoms with Crippen LogP contribution in [0.1, 0.15) is 16.4 Å². The highest BCUT2D eigenvalue weighted by Gasteiger charge is 2.19. The van der Waals surface area contributed by atoms with Gasteiger partial charge in [0.05, 0.1) is 11.4 Å². The molecule has 25 heavy (non-hydrogen) atoms. The summed E-state index contributed by atoms with van der Waals surface area (Å²) in [4.78, 5) is 16.2. The summed E-state index contributed by atoms with van der Waals surface area (Å²) in [6.07, 6.45) is 0. The maximum atomic E-state index is 13.6. The van der Waals surface area contributed by atoms with Crippen molar-refractivity contribution in [3.63, 3.8) is 0 Å². The molecule has 0 aliphatic heterocycles. The van der Waals surface area contributed by atoms with Gasteiger partial charge in [0, 0.05) is 5.02 Å². The molecule has 2 aromatic carbocycles. The van der Waals surface area contributed by atoms with Crippen LogP contribution in [0.5, 0.6) is 0 Å². The van der Waals surface area contributed by atoms with Crippen molar-refractivity contribution >= 4 is 23.2 Å². The number of carbonyl (C=O) groups excluding carboxylic acids is 1. The highest BCUT2D eigenvalue weighted by molar-refractivity contribution is 6.30. The van der Waals surface area contributed by atoms with Crippen LogP contribution in [0.3, 0.4) is 0 Å². The largest absolute Gasteiger partial charge is 0.317 e. The maximum Gasteiger partial charge on any atom is 0.295 e. The molecule has 0 fully saturated rings. The number of nitrogens with zero attached hydrogens (tertiary/aromatic N) is 3. The lowest BCUT2D eigenvalue weighted by atomic mass is 10.2. The number of benzene rings is 2. The molecule has 0 atom stereocenters. The van der Waals surface area contributed by atoms with Crippen molar-refractivity contribution in [3.8, 4) is 5.69 Å². The fourth-order valence-electron chi connectivity index (χ4n) is 2.11. The van der Waals surface area contributed by atoms with Crippen LogP contribution in [-0.4, -0.2) is 20.7 Å². The maximum absolute atomic E-state index is 13.6. The Morgan fingerprint density at radius 3 is 2.44 bits per heavy atom. The van der Waals surface area contributed by atoms with Crippen molar-refractivity contribution in [2.75, 3.05) is 5.32 Å². The van der Waals surface area contributed by atoms with Gasteiger partial charge < -0.3 is 5.32 Å². The van der Waals surface area contributed by atoms with Crippen LogP contribution in [0.4, 0.5) is 18.9 Å². The van der Waals surface area contributed by atoms with Crippen molar-refractivity contribution < 1.29 is 18.0 Å². The van der Waals surface area contributed by atoms with Crippen molar-refractivity contribution in [2.24, 2.45) is 0 Å². The van der Waals surface area contributed by atoms with Crippen molar-refractivity contribution in [1.29, 1.82) is 0 Å². The highest BCUT2D eigenvalue weighted by Crippen LogP contribution is 2.20. The standard InChI is InChI=1S/C16H10ClF3N4O/c1-8-21-15(23-24(8)10-4-2-9(17)3-5-10)16(25)22-12-7-6-11(18)13(19)14(12)20/h2-7H,1H3,(H,22,25). The third-order valence-electron chi connectivity index (χ3n) is 3.33. The van der Waals surface area contributed by atoms with Gasteiger partial charge in [-0.1, -0.05) is 11.6 Å². The Morgan fingerprint density at radius 2 is 1.76 bits per heavy atom. The number of nitrogens with one attached hydrogen (secondary N) is 1. The van der Waals surface area contributed by atoms with E-state index in [1.807, 2.05) is 0 Å². The second kappa shape index (κ2) is 6.56. The molecule has 3 aromatic rings. The van der Waals surface area contributed by atoms with Crippen molar-refractivity contribution in [1.82, 2.24) is 14.8 Å². The van der Waals surface area contributed by atoms with E-state index >= 15 is 0 Å². The molecular weight excluding hydrogens is 357 g/mol. The van der Waals surface area contributed by atoms with Crippen LogP contribution < -0.4 is 5.32 Å². The van der Waals surface area contributed by atoms with E-state index in [4.69, 9.17) is 11.6 Å². The van der Waals surface area contributed by atoms with Gasteiger partial charge in [-0.25, -0.2) is 22.8 Å². The van der Waals surface area contributed by atoms with Gasteiger partial charge in [-0.05, 0) is 43.3 Å². The summed E-state index contributed by atoms with van der Waals surface area (Å²) in [6.45, 7) is 1.62. The second-order valence-electron chi connectivity index (χ2n) is 5.05. The molecule has 0 aliphatic rings. The predicted octanol–water partition coefficient (Wildman–Crippen LogP) is 3.90. The molecule has 1 heterocycles. The Morgan fingerprint density at radius 1 is 1.08 bits per heavy atom. The molecule has 0 unspecified atom stereocenters. The zero-order chi connectivity index (χ0) is 18.1. The van der Waals surface area contributed by atoms with Gasteiger partial charge in [0.15, 0.2) is 17.5 Å². The molecule has 128 valence electrons. The lowest BCUT2D eigenvalue weighted by Crippen LogP contribution is -2.16. The van der Waals surface area contributed by atoms with Crippen LogP contribution >= 0.6 is 11.6 Å². The molecule has 0 saturated heterocycles. The monoisotopic (exact) mass is 366 g/mol. The third-order valence-corrected chi connectivity index (χ3v) is 3.58. The number of hydrogen-bond acceptors (Lipinski definition) is 3. The molecule has 0 aliphatic carbocycles. The number of rotatable bonds is 3. The van der Waals surface area contributed by atoms with E-state index in [9.17, 15) is 18.0 Å². The van der Waals surface area contributed by atoms with E-state index in [0.717, 1.165) is 6.07 Å². The minimum Gasteiger partial charge on any atom is -0.317 e. The smallest absolute Gasteiger partial charge is 0.295 e. The molecule has 0 spiro atoms. The van der Waals surface area contributed by atoms with Crippen LogP contribution in [0.15, 0.2) is 36.4 Å². The van der Waals surface area contributed by atoms with E-state index < -0.39 is 29.0 Å². The first kappa shape index (κ1) is 17.0. The Labute approximate surface area is 145 Å². The summed E-state index contributed by atoms with van der Waals surface area (Å²) in [7, 11) is 0. The van der Waals surface area contributed by atoms with Crippen LogP contribution in [0.25, 0.3) is 5.69 Å². The fourth-order valence-corrected chi connectivity index (χ4v) is 2.24. The minimum atomic E-state index is -1.67. The number of aromatic nitrogens is 3. The van der Waals surface area contributed by atoms with Crippen molar-refractivity contribution in [3.05, 3.63) is 70.5 Å². The quantitative estimate of drug-likeness (QED) is 0.715. The molecule has 1 N–H and O–H groups in total. The fraction of sp³-hybridized carbons (Fsp3) is 0.0625. The normalized spacial score (nSPS) is 10.8. The third kappa shape index (κ3) is 3.34.